The van der Waals surface area contributed by atoms with Gasteiger partial charge in [-0.1, -0.05) is 37.3 Å². The van der Waals surface area contributed by atoms with E-state index in [2.05, 4.69) is 64.8 Å². The van der Waals surface area contributed by atoms with E-state index in [0.29, 0.717) is 12.0 Å². The Morgan fingerprint density at radius 2 is 1.93 bits per heavy atom. The summed E-state index contributed by atoms with van der Waals surface area (Å²) in [4.78, 5) is 7.41. The number of nitrogens with zero attached hydrogens (tertiary/aromatic N) is 4. The average Bonchev–Trinajstić information content (AvgIpc) is 3.41. The first kappa shape index (κ1) is 20.4. The van der Waals surface area contributed by atoms with E-state index in [9.17, 15) is 0 Å². The maximum atomic E-state index is 4.82. The van der Waals surface area contributed by atoms with Gasteiger partial charge in [-0.15, -0.1) is 0 Å². The fraction of sp³-hybridized carbons (Fsp3) is 0.545. The number of likely N-dealkylation sites (tertiary alicyclic amines) is 1. The molecule has 2 heterocycles. The predicted molar refractivity (Wildman–Crippen MR) is 115 cm³/mol. The summed E-state index contributed by atoms with van der Waals surface area (Å²) in [5.74, 6) is 1.33. The van der Waals surface area contributed by atoms with Gasteiger partial charge in [0.1, 0.15) is 0 Å². The lowest BCUT2D eigenvalue weighted by atomic mass is 10.1. The zero-order valence-corrected chi connectivity index (χ0v) is 17.2. The summed E-state index contributed by atoms with van der Waals surface area (Å²) in [5.41, 5.74) is 1.37. The van der Waals surface area contributed by atoms with E-state index in [1.54, 1.807) is 0 Å². The molecule has 1 aromatic heterocycles. The monoisotopic (exact) mass is 382 g/mol. The van der Waals surface area contributed by atoms with E-state index in [0.717, 1.165) is 32.1 Å². The van der Waals surface area contributed by atoms with E-state index in [1.165, 1.54) is 31.5 Å². The van der Waals surface area contributed by atoms with Crippen LogP contribution in [0, 0.1) is 5.92 Å². The Balaban J connectivity index is 1.59. The number of rotatable bonds is 9. The van der Waals surface area contributed by atoms with Gasteiger partial charge in [0.15, 0.2) is 5.96 Å². The fourth-order valence-corrected chi connectivity index (χ4v) is 3.75. The first-order valence-electron chi connectivity index (χ1n) is 10.5. The quantitative estimate of drug-likeness (QED) is 0.517. The molecule has 0 saturated carbocycles. The van der Waals surface area contributed by atoms with Crippen LogP contribution in [0.3, 0.4) is 0 Å². The van der Waals surface area contributed by atoms with Crippen LogP contribution >= 0.6 is 0 Å². The molecular weight excluding hydrogens is 348 g/mol. The largest absolute Gasteiger partial charge is 0.357 e. The highest BCUT2D eigenvalue weighted by molar-refractivity contribution is 5.79. The van der Waals surface area contributed by atoms with Gasteiger partial charge < -0.3 is 10.6 Å². The van der Waals surface area contributed by atoms with Gasteiger partial charge >= 0.3 is 0 Å². The summed E-state index contributed by atoms with van der Waals surface area (Å²) < 4.78 is 1.97. The van der Waals surface area contributed by atoms with Crippen molar-refractivity contribution in [3.8, 4) is 0 Å². The molecule has 1 aliphatic rings. The molecule has 2 aromatic rings. The Bertz CT molecular complexity index is 691. The van der Waals surface area contributed by atoms with Crippen molar-refractivity contribution in [2.24, 2.45) is 10.9 Å². The van der Waals surface area contributed by atoms with Crippen LogP contribution in [0.5, 0.6) is 0 Å². The van der Waals surface area contributed by atoms with Crippen LogP contribution in [0.4, 0.5) is 0 Å². The minimum atomic E-state index is 0.383. The molecule has 6 heteroatoms. The predicted octanol–water partition coefficient (Wildman–Crippen LogP) is 2.91. The Hall–Kier alpha value is -2.34. The number of hydrogen-bond acceptors (Lipinski definition) is 3. The highest BCUT2D eigenvalue weighted by Crippen LogP contribution is 2.24. The van der Waals surface area contributed by atoms with Crippen LogP contribution in [0.15, 0.2) is 53.8 Å². The molecule has 0 radical (unpaired) electrons. The molecule has 1 fully saturated rings. The van der Waals surface area contributed by atoms with E-state index >= 15 is 0 Å². The van der Waals surface area contributed by atoms with Gasteiger partial charge in [0, 0.05) is 38.6 Å². The molecule has 152 valence electrons. The standard InChI is InChI=1S/C22H34N6/c1-3-23-22(24-16-19(2)18-28-15-9-12-26-28)25-17-21(27-13-7-8-14-27)20-10-5-4-6-11-20/h4-6,9-12,15,19,21H,3,7-8,13-14,16-18H2,1-2H3,(H2,23,24,25). The molecular formula is C22H34N6. The van der Waals surface area contributed by atoms with Crippen molar-refractivity contribution in [3.63, 3.8) is 0 Å². The summed E-state index contributed by atoms with van der Waals surface area (Å²) in [6, 6.07) is 13.2. The third-order valence-corrected chi connectivity index (χ3v) is 5.19. The van der Waals surface area contributed by atoms with Crippen LogP contribution in [-0.2, 0) is 6.54 Å². The van der Waals surface area contributed by atoms with Gasteiger partial charge in [-0.25, -0.2) is 0 Å². The maximum Gasteiger partial charge on any atom is 0.191 e. The lowest BCUT2D eigenvalue weighted by Crippen LogP contribution is -2.43. The molecule has 1 saturated heterocycles. The SMILES string of the molecule is CCNC(=NCC(C)Cn1cccn1)NCC(c1ccccc1)N1CCCC1. The number of benzene rings is 1. The number of aliphatic imine (C=N–C) groups is 1. The smallest absolute Gasteiger partial charge is 0.191 e. The zero-order chi connectivity index (χ0) is 19.6. The third kappa shape index (κ3) is 6.09. The number of aromatic nitrogens is 2. The second kappa shape index (κ2) is 10.9. The summed E-state index contributed by atoms with van der Waals surface area (Å²) in [5, 5.41) is 11.3. The maximum absolute atomic E-state index is 4.82. The molecule has 6 nitrogen and oxygen atoms in total. The van der Waals surface area contributed by atoms with Crippen molar-refractivity contribution in [3.05, 3.63) is 54.4 Å². The van der Waals surface area contributed by atoms with Crippen molar-refractivity contribution in [2.75, 3.05) is 32.7 Å². The lowest BCUT2D eigenvalue weighted by molar-refractivity contribution is 0.245. The average molecular weight is 383 g/mol. The van der Waals surface area contributed by atoms with Gasteiger partial charge in [0.2, 0.25) is 0 Å². The molecule has 0 aliphatic carbocycles. The highest BCUT2D eigenvalue weighted by atomic mass is 15.3. The van der Waals surface area contributed by atoms with Crippen LogP contribution in [0.2, 0.25) is 0 Å². The van der Waals surface area contributed by atoms with Crippen molar-refractivity contribution in [1.82, 2.24) is 25.3 Å². The molecule has 2 atom stereocenters. The molecule has 1 aliphatic heterocycles. The first-order chi connectivity index (χ1) is 13.8. The Morgan fingerprint density at radius 3 is 2.61 bits per heavy atom. The van der Waals surface area contributed by atoms with Gasteiger partial charge in [-0.3, -0.25) is 14.6 Å². The van der Waals surface area contributed by atoms with Gasteiger partial charge in [-0.05, 0) is 50.4 Å². The molecule has 0 amide bonds. The summed E-state index contributed by atoms with van der Waals surface area (Å²) in [6.07, 6.45) is 6.42. The number of nitrogens with one attached hydrogen (secondary N) is 2. The van der Waals surface area contributed by atoms with Crippen molar-refractivity contribution < 1.29 is 0 Å². The van der Waals surface area contributed by atoms with Crippen molar-refractivity contribution in [2.45, 2.75) is 39.3 Å². The van der Waals surface area contributed by atoms with Crippen LogP contribution in [0.1, 0.15) is 38.3 Å². The molecule has 2 N–H and O–H groups in total. The van der Waals surface area contributed by atoms with Gasteiger partial charge in [0.25, 0.3) is 0 Å². The van der Waals surface area contributed by atoms with Crippen molar-refractivity contribution >= 4 is 5.96 Å². The Morgan fingerprint density at radius 1 is 1.14 bits per heavy atom. The fourth-order valence-electron chi connectivity index (χ4n) is 3.75. The summed E-state index contributed by atoms with van der Waals surface area (Å²) >= 11 is 0. The minimum Gasteiger partial charge on any atom is -0.357 e. The second-order valence-corrected chi connectivity index (χ2v) is 7.60. The molecule has 0 spiro atoms. The highest BCUT2D eigenvalue weighted by Gasteiger charge is 2.23. The van der Waals surface area contributed by atoms with Gasteiger partial charge in [-0.2, -0.15) is 5.10 Å². The van der Waals surface area contributed by atoms with Crippen LogP contribution in [-0.4, -0.2) is 53.4 Å². The minimum absolute atomic E-state index is 0.383. The van der Waals surface area contributed by atoms with Crippen LogP contribution < -0.4 is 10.6 Å². The van der Waals surface area contributed by atoms with Gasteiger partial charge in [0.05, 0.1) is 6.04 Å². The first-order valence-corrected chi connectivity index (χ1v) is 10.5. The second-order valence-electron chi connectivity index (χ2n) is 7.60. The normalized spacial score (nSPS) is 17.4. The molecule has 2 unspecified atom stereocenters. The van der Waals surface area contributed by atoms with Crippen molar-refractivity contribution in [1.29, 1.82) is 0 Å². The topological polar surface area (TPSA) is 57.5 Å². The van der Waals surface area contributed by atoms with E-state index in [4.69, 9.17) is 4.99 Å². The number of guanidine groups is 1. The zero-order valence-electron chi connectivity index (χ0n) is 17.2. The molecule has 1 aromatic carbocycles. The molecule has 0 bridgehead atoms. The van der Waals surface area contributed by atoms with E-state index in [1.807, 2.05) is 23.1 Å². The lowest BCUT2D eigenvalue weighted by Gasteiger charge is -2.29. The Kier molecular flexibility index (Phi) is 7.91. The number of hydrogen-bond donors (Lipinski definition) is 2. The molecule has 3 rings (SSSR count). The van der Waals surface area contributed by atoms with E-state index in [-0.39, 0.29) is 0 Å². The third-order valence-electron chi connectivity index (χ3n) is 5.19. The summed E-state index contributed by atoms with van der Waals surface area (Å²) in [7, 11) is 0. The van der Waals surface area contributed by atoms with E-state index < -0.39 is 0 Å². The Labute approximate surface area is 169 Å². The summed E-state index contributed by atoms with van der Waals surface area (Å²) in [6.45, 7) is 10.1. The van der Waals surface area contributed by atoms with Crippen LogP contribution in [0.25, 0.3) is 0 Å². The molecule has 28 heavy (non-hydrogen) atoms.